The van der Waals surface area contributed by atoms with Crippen LogP contribution in [0.4, 0.5) is 19.4 Å². The van der Waals surface area contributed by atoms with Gasteiger partial charge in [-0.2, -0.15) is 5.10 Å². The monoisotopic (exact) mass is 405 g/mol. The molecule has 3 heterocycles. The van der Waals surface area contributed by atoms with Crippen molar-refractivity contribution in [2.45, 2.75) is 31.7 Å². The van der Waals surface area contributed by atoms with E-state index in [4.69, 9.17) is 0 Å². The Morgan fingerprint density at radius 3 is 2.97 bits per heavy atom. The molecular weight excluding hydrogens is 384 g/mol. The number of hydrogen-bond acceptors (Lipinski definition) is 6. The third-order valence-electron chi connectivity index (χ3n) is 5.06. The fourth-order valence-electron chi connectivity index (χ4n) is 3.51. The van der Waals surface area contributed by atoms with Gasteiger partial charge in [0.05, 0.1) is 6.04 Å². The lowest BCUT2D eigenvalue weighted by molar-refractivity contribution is -0.286. The minimum atomic E-state index is -3.65. The van der Waals surface area contributed by atoms with Crippen LogP contribution in [0.5, 0.6) is 11.5 Å². The summed E-state index contributed by atoms with van der Waals surface area (Å²) in [5.41, 5.74) is 0.636. The number of amides is 2. The summed E-state index contributed by atoms with van der Waals surface area (Å²) in [5, 5.41) is 10.9. The maximum absolute atomic E-state index is 13.1. The van der Waals surface area contributed by atoms with Gasteiger partial charge < -0.3 is 24.6 Å². The molecule has 4 rings (SSSR count). The van der Waals surface area contributed by atoms with Crippen molar-refractivity contribution in [2.75, 3.05) is 25.0 Å². The maximum atomic E-state index is 13.1. The summed E-state index contributed by atoms with van der Waals surface area (Å²) in [6, 6.07) is 7.98. The Bertz CT molecular complexity index is 883. The number of alkyl halides is 2. The Hall–Kier alpha value is -3.17. The fourth-order valence-corrected chi connectivity index (χ4v) is 3.51. The van der Waals surface area contributed by atoms with Gasteiger partial charge in [-0.3, -0.25) is 0 Å². The number of likely N-dealkylation sites (N-methyl/N-ethyl adjacent to an activating group) is 1. The van der Waals surface area contributed by atoms with Gasteiger partial charge in [-0.05, 0) is 42.7 Å². The lowest BCUT2D eigenvalue weighted by Crippen LogP contribution is -2.51. The SMILES string of the molecule is CN(C(=O)NCc1ccc2c(c1)OC(F)(F)O2)[C@@H]1CCCN(c2cccnn2)C1. The predicted molar refractivity (Wildman–Crippen MR) is 99.9 cm³/mol. The molecule has 0 bridgehead atoms. The molecule has 2 amide bonds. The zero-order chi connectivity index (χ0) is 20.4. The Morgan fingerprint density at radius 2 is 2.17 bits per heavy atom. The molecule has 2 aromatic rings. The number of aromatic nitrogens is 2. The van der Waals surface area contributed by atoms with Crippen LogP contribution in [0, 0.1) is 0 Å². The molecule has 1 aromatic carbocycles. The van der Waals surface area contributed by atoms with Crippen molar-refractivity contribution in [1.29, 1.82) is 0 Å². The largest absolute Gasteiger partial charge is 0.586 e. The number of urea groups is 1. The van der Waals surface area contributed by atoms with Crippen molar-refractivity contribution in [3.63, 3.8) is 0 Å². The Morgan fingerprint density at radius 1 is 1.34 bits per heavy atom. The van der Waals surface area contributed by atoms with E-state index in [0.717, 1.165) is 25.2 Å². The first-order valence-corrected chi connectivity index (χ1v) is 9.33. The van der Waals surface area contributed by atoms with Gasteiger partial charge in [0.1, 0.15) is 0 Å². The van der Waals surface area contributed by atoms with Gasteiger partial charge in [-0.1, -0.05) is 6.07 Å². The van der Waals surface area contributed by atoms with E-state index < -0.39 is 6.29 Å². The number of nitrogens with one attached hydrogen (secondary N) is 1. The summed E-state index contributed by atoms with van der Waals surface area (Å²) in [7, 11) is 1.75. The van der Waals surface area contributed by atoms with Crippen LogP contribution in [-0.4, -0.2) is 53.6 Å². The second-order valence-corrected chi connectivity index (χ2v) is 7.04. The van der Waals surface area contributed by atoms with E-state index in [0.29, 0.717) is 12.1 Å². The van der Waals surface area contributed by atoms with Crippen molar-refractivity contribution < 1.29 is 23.0 Å². The number of carbonyl (C=O) groups is 1. The van der Waals surface area contributed by atoms with Crippen LogP contribution in [0.3, 0.4) is 0 Å². The molecule has 2 aliphatic heterocycles. The van der Waals surface area contributed by atoms with Gasteiger partial charge >= 0.3 is 12.3 Å². The van der Waals surface area contributed by atoms with Gasteiger partial charge in [0.15, 0.2) is 17.3 Å². The van der Waals surface area contributed by atoms with Gasteiger partial charge in [0.25, 0.3) is 0 Å². The van der Waals surface area contributed by atoms with E-state index in [1.165, 1.54) is 12.1 Å². The minimum Gasteiger partial charge on any atom is -0.395 e. The summed E-state index contributed by atoms with van der Waals surface area (Å²) >= 11 is 0. The van der Waals surface area contributed by atoms with Crippen LogP contribution < -0.4 is 19.7 Å². The summed E-state index contributed by atoms with van der Waals surface area (Å²) in [6.07, 6.45) is -0.197. The van der Waals surface area contributed by atoms with Gasteiger partial charge in [-0.25, -0.2) is 4.79 Å². The summed E-state index contributed by atoms with van der Waals surface area (Å²) < 4.78 is 35.0. The van der Waals surface area contributed by atoms with Crippen molar-refractivity contribution in [1.82, 2.24) is 20.4 Å². The fraction of sp³-hybridized carbons (Fsp3) is 0.421. The average molecular weight is 405 g/mol. The zero-order valence-corrected chi connectivity index (χ0v) is 15.8. The quantitative estimate of drug-likeness (QED) is 0.843. The van der Waals surface area contributed by atoms with Crippen LogP contribution >= 0.6 is 0 Å². The maximum Gasteiger partial charge on any atom is 0.586 e. The van der Waals surface area contributed by atoms with E-state index in [1.54, 1.807) is 24.2 Å². The molecule has 0 spiro atoms. The number of halogens is 2. The highest BCUT2D eigenvalue weighted by molar-refractivity contribution is 5.74. The van der Waals surface area contributed by atoms with Crippen LogP contribution in [0.1, 0.15) is 18.4 Å². The summed E-state index contributed by atoms with van der Waals surface area (Å²) in [4.78, 5) is 16.4. The number of benzene rings is 1. The molecule has 154 valence electrons. The first-order valence-electron chi connectivity index (χ1n) is 9.33. The molecule has 29 heavy (non-hydrogen) atoms. The zero-order valence-electron chi connectivity index (χ0n) is 15.8. The highest BCUT2D eigenvalue weighted by Crippen LogP contribution is 2.41. The Labute approximate surface area is 166 Å². The van der Waals surface area contributed by atoms with Gasteiger partial charge in [0, 0.05) is 32.9 Å². The standard InChI is InChI=1S/C19H21F2N5O3/c1-25(14-4-3-9-26(12-14)17-5-2-8-23-24-17)18(27)22-11-13-6-7-15-16(10-13)29-19(20,21)28-15/h2,5-8,10,14H,3-4,9,11-12H2,1H3,(H,22,27)/t14-/m1/s1. The second-order valence-electron chi connectivity index (χ2n) is 7.04. The molecule has 0 radical (unpaired) electrons. The van der Waals surface area contributed by atoms with Crippen molar-refractivity contribution in [2.24, 2.45) is 0 Å². The molecule has 1 fully saturated rings. The highest BCUT2D eigenvalue weighted by atomic mass is 19.3. The first kappa shape index (κ1) is 19.2. The molecule has 1 atom stereocenters. The van der Waals surface area contributed by atoms with Gasteiger partial charge in [-0.15, -0.1) is 13.9 Å². The van der Waals surface area contributed by atoms with Crippen molar-refractivity contribution in [3.05, 3.63) is 42.1 Å². The lowest BCUT2D eigenvalue weighted by Gasteiger charge is -2.37. The van der Waals surface area contributed by atoms with Crippen molar-refractivity contribution in [3.8, 4) is 11.5 Å². The third kappa shape index (κ3) is 4.30. The summed E-state index contributed by atoms with van der Waals surface area (Å²) in [5.74, 6) is 0.735. The molecule has 0 unspecified atom stereocenters. The Balaban J connectivity index is 1.33. The average Bonchev–Trinajstić information content (AvgIpc) is 3.05. The van der Waals surface area contributed by atoms with Crippen molar-refractivity contribution >= 4 is 11.8 Å². The van der Waals surface area contributed by atoms with Crippen LogP contribution in [-0.2, 0) is 6.54 Å². The topological polar surface area (TPSA) is 79.8 Å². The van der Waals surface area contributed by atoms with E-state index in [1.807, 2.05) is 12.1 Å². The highest BCUT2D eigenvalue weighted by Gasteiger charge is 2.43. The van der Waals surface area contributed by atoms with E-state index in [9.17, 15) is 13.6 Å². The number of carbonyl (C=O) groups excluding carboxylic acids is 1. The molecule has 1 N–H and O–H groups in total. The van der Waals surface area contributed by atoms with Crippen LogP contribution in [0.15, 0.2) is 36.5 Å². The number of nitrogens with zero attached hydrogens (tertiary/aromatic N) is 4. The first-order chi connectivity index (χ1) is 13.9. The molecule has 8 nitrogen and oxygen atoms in total. The number of hydrogen-bond donors (Lipinski definition) is 1. The second kappa shape index (κ2) is 7.69. The predicted octanol–water partition coefficient (Wildman–Crippen LogP) is 2.61. The molecular formula is C19H21F2N5O3. The molecule has 10 heteroatoms. The minimum absolute atomic E-state index is 0.0199. The molecule has 1 saturated heterocycles. The lowest BCUT2D eigenvalue weighted by atomic mass is 10.0. The Kier molecular flexibility index (Phi) is 5.08. The number of fused-ring (bicyclic) bond motifs is 1. The van der Waals surface area contributed by atoms with E-state index >= 15 is 0 Å². The summed E-state index contributed by atoms with van der Waals surface area (Å²) in [6.45, 7) is 1.72. The van der Waals surface area contributed by atoms with E-state index in [-0.39, 0.29) is 30.1 Å². The number of ether oxygens (including phenoxy) is 2. The molecule has 0 saturated carbocycles. The third-order valence-corrected chi connectivity index (χ3v) is 5.06. The molecule has 2 aliphatic rings. The smallest absolute Gasteiger partial charge is 0.395 e. The van der Waals surface area contributed by atoms with Crippen LogP contribution in [0.2, 0.25) is 0 Å². The number of piperidine rings is 1. The normalized spacial score (nSPS) is 19.7. The molecule has 1 aromatic heterocycles. The number of anilines is 1. The van der Waals surface area contributed by atoms with E-state index in [2.05, 4.69) is 29.9 Å². The van der Waals surface area contributed by atoms with Gasteiger partial charge in [0.2, 0.25) is 0 Å². The number of rotatable bonds is 4. The molecule has 0 aliphatic carbocycles. The van der Waals surface area contributed by atoms with Crippen LogP contribution in [0.25, 0.3) is 0 Å².